The molecule has 0 bridgehead atoms. The van der Waals surface area contributed by atoms with Crippen molar-refractivity contribution in [2.45, 2.75) is 31.4 Å². The number of nitrogens with two attached hydrogens (primary N) is 1. The van der Waals surface area contributed by atoms with Crippen LogP contribution in [-0.2, 0) is 4.79 Å². The Hall–Kier alpha value is -1.66. The number of carbonyl (C=O) groups excluding carboxylic acids is 1. The third-order valence-electron chi connectivity index (χ3n) is 3.59. The molecule has 6 heteroatoms. The van der Waals surface area contributed by atoms with E-state index in [1.54, 1.807) is 12.4 Å². The number of aliphatic hydroxyl groups excluding tert-OH is 1. The van der Waals surface area contributed by atoms with Gasteiger partial charge in [-0.3, -0.25) is 9.78 Å². The Kier molecular flexibility index (Phi) is 5.31. The van der Waals surface area contributed by atoms with Gasteiger partial charge in [0, 0.05) is 37.4 Å². The first kappa shape index (κ1) is 14.7. The van der Waals surface area contributed by atoms with Crippen LogP contribution in [0.4, 0.5) is 5.69 Å². The van der Waals surface area contributed by atoms with Crippen molar-refractivity contribution < 1.29 is 9.90 Å². The smallest absolute Gasteiger partial charge is 0.223 e. The lowest BCUT2D eigenvalue weighted by atomic mass is 10.1. The fourth-order valence-electron chi connectivity index (χ4n) is 2.41. The topological polar surface area (TPSA) is 100 Å². The molecule has 0 unspecified atom stereocenters. The van der Waals surface area contributed by atoms with Gasteiger partial charge >= 0.3 is 0 Å². The third-order valence-corrected chi connectivity index (χ3v) is 3.59. The highest BCUT2D eigenvalue weighted by molar-refractivity contribution is 5.79. The zero-order valence-corrected chi connectivity index (χ0v) is 11.5. The van der Waals surface area contributed by atoms with Crippen LogP contribution in [0.5, 0.6) is 0 Å². The fourth-order valence-corrected chi connectivity index (χ4v) is 2.41. The average Bonchev–Trinajstić information content (AvgIpc) is 2.79. The Labute approximate surface area is 118 Å². The maximum Gasteiger partial charge on any atom is 0.223 e. The zero-order chi connectivity index (χ0) is 14.4. The summed E-state index contributed by atoms with van der Waals surface area (Å²) in [6, 6.07) is 3.56. The summed E-state index contributed by atoms with van der Waals surface area (Å²) in [5, 5.41) is 15.7. The van der Waals surface area contributed by atoms with Crippen LogP contribution in [0.1, 0.15) is 19.3 Å². The molecular formula is C14H22N4O2. The van der Waals surface area contributed by atoms with Crippen molar-refractivity contribution in [2.24, 2.45) is 11.7 Å². The minimum atomic E-state index is -0.544. The highest BCUT2D eigenvalue weighted by Gasteiger charge is 2.34. The molecule has 0 spiro atoms. The van der Waals surface area contributed by atoms with Crippen molar-refractivity contribution in [1.29, 1.82) is 0 Å². The molecule has 1 fully saturated rings. The molecule has 1 heterocycles. The number of aromatic nitrogens is 1. The van der Waals surface area contributed by atoms with Crippen molar-refractivity contribution in [3.63, 3.8) is 0 Å². The predicted octanol–water partition coefficient (Wildman–Crippen LogP) is 0.0980. The van der Waals surface area contributed by atoms with E-state index in [2.05, 4.69) is 15.6 Å². The second-order valence-electron chi connectivity index (χ2n) is 5.21. The molecule has 1 aromatic rings. The maximum atomic E-state index is 11.9. The molecule has 1 amide bonds. The summed E-state index contributed by atoms with van der Waals surface area (Å²) in [5.41, 5.74) is 6.68. The molecule has 1 aliphatic carbocycles. The van der Waals surface area contributed by atoms with Crippen LogP contribution < -0.4 is 16.4 Å². The molecule has 110 valence electrons. The van der Waals surface area contributed by atoms with E-state index in [9.17, 15) is 9.90 Å². The first-order valence-electron chi connectivity index (χ1n) is 7.02. The first-order chi connectivity index (χ1) is 9.66. The van der Waals surface area contributed by atoms with E-state index in [1.165, 1.54) is 0 Å². The lowest BCUT2D eigenvalue weighted by Crippen LogP contribution is -2.31. The maximum absolute atomic E-state index is 11.9. The van der Waals surface area contributed by atoms with Crippen molar-refractivity contribution >= 4 is 11.6 Å². The molecule has 5 N–H and O–H groups in total. The Morgan fingerprint density at radius 3 is 2.95 bits per heavy atom. The Morgan fingerprint density at radius 1 is 1.45 bits per heavy atom. The lowest BCUT2D eigenvalue weighted by molar-refractivity contribution is -0.125. The van der Waals surface area contributed by atoms with E-state index in [4.69, 9.17) is 5.73 Å². The molecule has 0 saturated heterocycles. The predicted molar refractivity (Wildman–Crippen MR) is 77.1 cm³/mol. The van der Waals surface area contributed by atoms with Crippen molar-refractivity contribution in [3.8, 4) is 0 Å². The van der Waals surface area contributed by atoms with Crippen LogP contribution >= 0.6 is 0 Å². The summed E-state index contributed by atoms with van der Waals surface area (Å²) in [7, 11) is 0. The number of nitrogens with zero attached hydrogens (tertiary/aromatic N) is 1. The molecule has 0 aromatic carbocycles. The molecule has 20 heavy (non-hydrogen) atoms. The monoisotopic (exact) mass is 278 g/mol. The normalized spacial score (nSPS) is 25.4. The van der Waals surface area contributed by atoms with Crippen molar-refractivity contribution in [2.75, 3.05) is 18.4 Å². The van der Waals surface area contributed by atoms with E-state index in [-0.39, 0.29) is 17.9 Å². The summed E-state index contributed by atoms with van der Waals surface area (Å²) in [5.74, 6) is -0.148. The quantitative estimate of drug-likeness (QED) is 0.553. The SMILES string of the molecule is N[C@@H]1C[C@H](C(=O)NCCCNc2cccnc2)C[C@H]1O. The number of aliphatic hydroxyl groups is 1. The second-order valence-corrected chi connectivity index (χ2v) is 5.21. The zero-order valence-electron chi connectivity index (χ0n) is 11.5. The number of rotatable bonds is 6. The van der Waals surface area contributed by atoms with Gasteiger partial charge in [0.1, 0.15) is 0 Å². The van der Waals surface area contributed by atoms with E-state index in [0.717, 1.165) is 18.7 Å². The molecule has 0 radical (unpaired) electrons. The van der Waals surface area contributed by atoms with Crippen LogP contribution in [0.15, 0.2) is 24.5 Å². The molecule has 1 saturated carbocycles. The molecule has 3 atom stereocenters. The number of anilines is 1. The van der Waals surface area contributed by atoms with E-state index in [1.807, 2.05) is 12.1 Å². The molecule has 6 nitrogen and oxygen atoms in total. The summed E-state index contributed by atoms with van der Waals surface area (Å²) < 4.78 is 0. The lowest BCUT2D eigenvalue weighted by Gasteiger charge is -2.11. The van der Waals surface area contributed by atoms with E-state index < -0.39 is 6.10 Å². The highest BCUT2D eigenvalue weighted by Crippen LogP contribution is 2.24. The second kappa shape index (κ2) is 7.21. The summed E-state index contributed by atoms with van der Waals surface area (Å²) >= 11 is 0. The van der Waals surface area contributed by atoms with Crippen molar-refractivity contribution in [3.05, 3.63) is 24.5 Å². The molecular weight excluding hydrogens is 256 g/mol. The Morgan fingerprint density at radius 2 is 2.30 bits per heavy atom. The number of hydrogen-bond donors (Lipinski definition) is 4. The van der Waals surface area contributed by atoms with Crippen LogP contribution in [0.3, 0.4) is 0 Å². The number of nitrogens with one attached hydrogen (secondary N) is 2. The van der Waals surface area contributed by atoms with Crippen LogP contribution in [-0.4, -0.2) is 41.2 Å². The minimum absolute atomic E-state index is 0.00150. The van der Waals surface area contributed by atoms with Crippen molar-refractivity contribution in [1.82, 2.24) is 10.3 Å². The van der Waals surface area contributed by atoms with Gasteiger partial charge in [0.05, 0.1) is 11.8 Å². The van der Waals surface area contributed by atoms with Gasteiger partial charge in [0.25, 0.3) is 0 Å². The Balaban J connectivity index is 1.58. The fraction of sp³-hybridized carbons (Fsp3) is 0.571. The number of hydrogen-bond acceptors (Lipinski definition) is 5. The van der Waals surface area contributed by atoms with Gasteiger partial charge in [-0.25, -0.2) is 0 Å². The molecule has 1 aliphatic rings. The summed E-state index contributed by atoms with van der Waals surface area (Å²) in [4.78, 5) is 15.9. The number of carbonyl (C=O) groups is 1. The minimum Gasteiger partial charge on any atom is -0.391 e. The van der Waals surface area contributed by atoms with E-state index >= 15 is 0 Å². The van der Waals surface area contributed by atoms with E-state index in [0.29, 0.717) is 19.4 Å². The molecule has 0 aliphatic heterocycles. The van der Waals surface area contributed by atoms with Crippen LogP contribution in [0, 0.1) is 5.92 Å². The van der Waals surface area contributed by atoms with Crippen LogP contribution in [0.2, 0.25) is 0 Å². The largest absolute Gasteiger partial charge is 0.391 e. The number of amides is 1. The number of pyridine rings is 1. The van der Waals surface area contributed by atoms with Crippen LogP contribution in [0.25, 0.3) is 0 Å². The van der Waals surface area contributed by atoms with Gasteiger partial charge in [0.2, 0.25) is 5.91 Å². The highest BCUT2D eigenvalue weighted by atomic mass is 16.3. The summed E-state index contributed by atoms with van der Waals surface area (Å²) in [6.07, 6.45) is 4.83. The van der Waals surface area contributed by atoms with Gasteiger partial charge in [-0.2, -0.15) is 0 Å². The average molecular weight is 278 g/mol. The standard InChI is InChI=1S/C14H22N4O2/c15-12-7-10(8-13(12)19)14(20)18-6-2-5-17-11-3-1-4-16-9-11/h1,3-4,9-10,12-13,17,19H,2,5-8,15H2,(H,18,20)/t10-,12+,13+/m0/s1. The third kappa shape index (κ3) is 4.18. The van der Waals surface area contributed by atoms with Gasteiger partial charge in [-0.05, 0) is 31.4 Å². The molecule has 2 rings (SSSR count). The molecule has 1 aromatic heterocycles. The first-order valence-corrected chi connectivity index (χ1v) is 7.02. The van der Waals surface area contributed by atoms with Gasteiger partial charge < -0.3 is 21.5 Å². The summed E-state index contributed by atoms with van der Waals surface area (Å²) in [6.45, 7) is 1.40. The van der Waals surface area contributed by atoms with Gasteiger partial charge in [0.15, 0.2) is 0 Å². The van der Waals surface area contributed by atoms with Gasteiger partial charge in [-0.15, -0.1) is 0 Å². The van der Waals surface area contributed by atoms with Gasteiger partial charge in [-0.1, -0.05) is 0 Å². The Bertz CT molecular complexity index is 416.